The molecule has 2 aromatic rings. The molecule has 0 unspecified atom stereocenters. The largest absolute Gasteiger partial charge is 0.340 e. The lowest BCUT2D eigenvalue weighted by Gasteiger charge is -2.30. The van der Waals surface area contributed by atoms with Crippen LogP contribution in [-0.2, 0) is 4.79 Å². The summed E-state index contributed by atoms with van der Waals surface area (Å²) in [6.45, 7) is 8.40. The zero-order valence-corrected chi connectivity index (χ0v) is 15.5. The number of amides is 1. The van der Waals surface area contributed by atoms with E-state index in [1.54, 1.807) is 0 Å². The molecule has 1 aliphatic heterocycles. The molecule has 2 fully saturated rings. The molecule has 4 rings (SSSR count). The van der Waals surface area contributed by atoms with E-state index in [-0.39, 0.29) is 12.0 Å². The minimum atomic E-state index is 0.0633. The van der Waals surface area contributed by atoms with E-state index in [2.05, 4.69) is 66.8 Å². The number of aryl methyl sites for hydroxylation is 1. The predicted octanol–water partition coefficient (Wildman–Crippen LogP) is 4.34. The monoisotopic (exact) mass is 337 g/mol. The van der Waals surface area contributed by atoms with Gasteiger partial charge in [-0.05, 0) is 37.2 Å². The number of hydrogen-bond acceptors (Lipinski definition) is 2. The number of aromatic nitrogens is 2. The Balaban J connectivity index is 1.59. The van der Waals surface area contributed by atoms with Gasteiger partial charge in [-0.25, -0.2) is 4.98 Å². The number of hydrogen-bond donors (Lipinski definition) is 1. The Hall–Kier alpha value is -2.10. The summed E-state index contributed by atoms with van der Waals surface area (Å²) >= 11 is 0. The van der Waals surface area contributed by atoms with Gasteiger partial charge in [0.15, 0.2) is 0 Å². The maximum atomic E-state index is 13.0. The summed E-state index contributed by atoms with van der Waals surface area (Å²) < 4.78 is 0. The standard InChI is InChI=1S/C21H27N3O/c1-12(2)14(4)21(25)24-18-9-16(18)10-19(24)20-22-11-17(23-20)15-7-5-13(3)6-8-15/h5-8,11-12,14,16,18-19H,9-10H2,1-4H3,(H,22,23)/t14-,16+,18+,19-/m0/s1. The molecular formula is C21H27N3O. The Labute approximate surface area is 149 Å². The van der Waals surface area contributed by atoms with E-state index in [1.165, 1.54) is 12.0 Å². The third-order valence-corrected chi connectivity index (χ3v) is 6.02. The van der Waals surface area contributed by atoms with Crippen LogP contribution >= 0.6 is 0 Å². The molecule has 0 radical (unpaired) electrons. The first-order valence-electron chi connectivity index (χ1n) is 9.40. The second-order valence-electron chi connectivity index (χ2n) is 8.14. The average molecular weight is 337 g/mol. The minimum Gasteiger partial charge on any atom is -0.340 e. The molecule has 25 heavy (non-hydrogen) atoms. The number of nitrogens with one attached hydrogen (secondary N) is 1. The zero-order valence-electron chi connectivity index (χ0n) is 15.5. The molecule has 1 N–H and O–H groups in total. The molecule has 4 heteroatoms. The number of nitrogens with zero attached hydrogens (tertiary/aromatic N) is 2. The van der Waals surface area contributed by atoms with Crippen LogP contribution in [0.3, 0.4) is 0 Å². The number of H-pyrrole nitrogens is 1. The lowest BCUT2D eigenvalue weighted by Crippen LogP contribution is -2.39. The van der Waals surface area contributed by atoms with Gasteiger partial charge in [-0.15, -0.1) is 0 Å². The van der Waals surface area contributed by atoms with Gasteiger partial charge < -0.3 is 9.88 Å². The van der Waals surface area contributed by atoms with Gasteiger partial charge in [-0.2, -0.15) is 0 Å². The van der Waals surface area contributed by atoms with Crippen LogP contribution in [0, 0.1) is 24.7 Å². The van der Waals surface area contributed by atoms with Crippen LogP contribution in [-0.4, -0.2) is 26.8 Å². The van der Waals surface area contributed by atoms with Crippen molar-refractivity contribution in [2.75, 3.05) is 0 Å². The van der Waals surface area contributed by atoms with E-state index in [0.29, 0.717) is 23.8 Å². The number of aromatic amines is 1. The van der Waals surface area contributed by atoms with Gasteiger partial charge in [-0.3, -0.25) is 4.79 Å². The molecule has 4 atom stereocenters. The van der Waals surface area contributed by atoms with E-state index >= 15 is 0 Å². The average Bonchev–Trinajstić information content (AvgIpc) is 3.04. The second-order valence-corrected chi connectivity index (χ2v) is 8.14. The normalized spacial score (nSPS) is 26.0. The Morgan fingerprint density at radius 2 is 1.92 bits per heavy atom. The molecule has 1 aliphatic carbocycles. The van der Waals surface area contributed by atoms with Crippen LogP contribution in [0.25, 0.3) is 11.3 Å². The lowest BCUT2D eigenvalue weighted by atomic mass is 9.96. The fourth-order valence-corrected chi connectivity index (χ4v) is 3.92. The van der Waals surface area contributed by atoms with Gasteiger partial charge in [-0.1, -0.05) is 50.6 Å². The molecule has 0 bridgehead atoms. The number of imidazole rings is 1. The Kier molecular flexibility index (Phi) is 3.94. The van der Waals surface area contributed by atoms with E-state index in [4.69, 9.17) is 0 Å². The Morgan fingerprint density at radius 1 is 1.20 bits per heavy atom. The van der Waals surface area contributed by atoms with Crippen LogP contribution in [0.4, 0.5) is 0 Å². The van der Waals surface area contributed by atoms with Gasteiger partial charge >= 0.3 is 0 Å². The van der Waals surface area contributed by atoms with Crippen LogP contribution < -0.4 is 0 Å². The summed E-state index contributed by atoms with van der Waals surface area (Å²) in [5.41, 5.74) is 3.42. The van der Waals surface area contributed by atoms with Crippen molar-refractivity contribution in [3.8, 4) is 11.3 Å². The Bertz CT molecular complexity index is 777. The molecule has 0 spiro atoms. The number of fused-ring (bicyclic) bond motifs is 1. The number of likely N-dealkylation sites (tertiary alicyclic amines) is 1. The maximum absolute atomic E-state index is 13.0. The molecule has 132 valence electrons. The molecule has 2 aliphatic rings. The molecule has 4 nitrogen and oxygen atoms in total. The van der Waals surface area contributed by atoms with Gasteiger partial charge in [0.2, 0.25) is 5.91 Å². The molecule has 1 aromatic heterocycles. The second kappa shape index (κ2) is 6.01. The van der Waals surface area contributed by atoms with E-state index in [1.807, 2.05) is 6.20 Å². The number of rotatable bonds is 4. The molecular weight excluding hydrogens is 310 g/mol. The van der Waals surface area contributed by atoms with Crippen molar-refractivity contribution in [3.05, 3.63) is 41.9 Å². The highest BCUT2D eigenvalue weighted by Gasteiger charge is 2.55. The molecule has 1 saturated heterocycles. The molecule has 1 saturated carbocycles. The first-order chi connectivity index (χ1) is 12.0. The first-order valence-corrected chi connectivity index (χ1v) is 9.40. The van der Waals surface area contributed by atoms with Crippen molar-refractivity contribution < 1.29 is 4.79 Å². The Morgan fingerprint density at radius 3 is 2.60 bits per heavy atom. The van der Waals surface area contributed by atoms with Gasteiger partial charge in [0.25, 0.3) is 0 Å². The number of benzene rings is 1. The number of piperidine rings is 1. The van der Waals surface area contributed by atoms with Gasteiger partial charge in [0.1, 0.15) is 5.82 Å². The molecule has 1 amide bonds. The van der Waals surface area contributed by atoms with Crippen molar-refractivity contribution in [1.82, 2.24) is 14.9 Å². The fraction of sp³-hybridized carbons (Fsp3) is 0.524. The summed E-state index contributed by atoms with van der Waals surface area (Å²) in [6.07, 6.45) is 4.11. The maximum Gasteiger partial charge on any atom is 0.226 e. The van der Waals surface area contributed by atoms with Crippen LogP contribution in [0.5, 0.6) is 0 Å². The summed E-state index contributed by atoms with van der Waals surface area (Å²) in [7, 11) is 0. The highest BCUT2D eigenvalue weighted by Crippen LogP contribution is 2.53. The topological polar surface area (TPSA) is 49.0 Å². The first kappa shape index (κ1) is 16.4. The fourth-order valence-electron chi connectivity index (χ4n) is 3.92. The van der Waals surface area contributed by atoms with Crippen molar-refractivity contribution in [2.24, 2.45) is 17.8 Å². The minimum absolute atomic E-state index is 0.0633. The van der Waals surface area contributed by atoms with E-state index in [0.717, 1.165) is 23.5 Å². The summed E-state index contributed by atoms with van der Waals surface area (Å²) in [5, 5.41) is 0. The van der Waals surface area contributed by atoms with Gasteiger partial charge in [0, 0.05) is 12.0 Å². The van der Waals surface area contributed by atoms with Crippen molar-refractivity contribution >= 4 is 5.91 Å². The zero-order chi connectivity index (χ0) is 17.7. The number of carbonyl (C=O) groups excluding carboxylic acids is 1. The SMILES string of the molecule is Cc1ccc(-c2cnc([C@@H]3C[C@H]4C[C@H]4N3C(=O)[C@@H](C)C(C)C)[nH]2)cc1. The lowest BCUT2D eigenvalue weighted by molar-refractivity contribution is -0.138. The molecule has 1 aromatic carbocycles. The predicted molar refractivity (Wildman–Crippen MR) is 98.9 cm³/mol. The quantitative estimate of drug-likeness (QED) is 0.902. The van der Waals surface area contributed by atoms with E-state index < -0.39 is 0 Å². The highest BCUT2D eigenvalue weighted by molar-refractivity contribution is 5.80. The van der Waals surface area contributed by atoms with Crippen LogP contribution in [0.1, 0.15) is 51.0 Å². The molecule has 2 heterocycles. The number of carbonyl (C=O) groups is 1. The van der Waals surface area contributed by atoms with Crippen LogP contribution in [0.2, 0.25) is 0 Å². The third-order valence-electron chi connectivity index (χ3n) is 6.02. The summed E-state index contributed by atoms with van der Waals surface area (Å²) in [5.74, 6) is 2.32. The van der Waals surface area contributed by atoms with Gasteiger partial charge in [0.05, 0.1) is 17.9 Å². The highest BCUT2D eigenvalue weighted by atomic mass is 16.2. The van der Waals surface area contributed by atoms with Crippen molar-refractivity contribution in [1.29, 1.82) is 0 Å². The van der Waals surface area contributed by atoms with Crippen molar-refractivity contribution in [3.63, 3.8) is 0 Å². The van der Waals surface area contributed by atoms with Crippen molar-refractivity contribution in [2.45, 2.75) is 52.6 Å². The van der Waals surface area contributed by atoms with E-state index in [9.17, 15) is 4.79 Å². The smallest absolute Gasteiger partial charge is 0.226 e. The summed E-state index contributed by atoms with van der Waals surface area (Å²) in [4.78, 5) is 23.3. The van der Waals surface area contributed by atoms with Crippen LogP contribution in [0.15, 0.2) is 30.5 Å². The summed E-state index contributed by atoms with van der Waals surface area (Å²) in [6, 6.07) is 9.00. The third kappa shape index (κ3) is 2.88.